The molecule has 2 unspecified atom stereocenters. The molecule has 8 heteroatoms. The summed E-state index contributed by atoms with van der Waals surface area (Å²) in [6.45, 7) is 3.61. The van der Waals surface area contributed by atoms with Gasteiger partial charge in [-0.3, -0.25) is 14.9 Å². The minimum atomic E-state index is -0.791. The van der Waals surface area contributed by atoms with Crippen LogP contribution in [-0.4, -0.2) is 27.0 Å². The van der Waals surface area contributed by atoms with Crippen LogP contribution in [0.3, 0.4) is 0 Å². The lowest BCUT2D eigenvalue weighted by atomic mass is 10.0. The van der Waals surface area contributed by atoms with Crippen LogP contribution in [0.15, 0.2) is 12.1 Å². The van der Waals surface area contributed by atoms with Crippen LogP contribution in [0.4, 0.5) is 17.3 Å². The number of nitrogens with zero attached hydrogens (tertiary/aromatic N) is 2. The van der Waals surface area contributed by atoms with E-state index in [4.69, 9.17) is 10.8 Å². The van der Waals surface area contributed by atoms with Crippen LogP contribution in [0, 0.1) is 16.0 Å². The summed E-state index contributed by atoms with van der Waals surface area (Å²) in [6, 6.07) is 2.88. The number of hydrogen-bond donors (Lipinski definition) is 3. The van der Waals surface area contributed by atoms with Crippen molar-refractivity contribution in [1.29, 1.82) is 0 Å². The third-order valence-electron chi connectivity index (χ3n) is 3.19. The van der Waals surface area contributed by atoms with Crippen LogP contribution in [-0.2, 0) is 4.79 Å². The van der Waals surface area contributed by atoms with Crippen molar-refractivity contribution in [3.05, 3.63) is 22.2 Å². The van der Waals surface area contributed by atoms with Gasteiger partial charge in [0.2, 0.25) is 5.82 Å². The second kappa shape index (κ2) is 7.41. The van der Waals surface area contributed by atoms with E-state index in [0.717, 1.165) is 12.8 Å². The smallest absolute Gasteiger partial charge is 0.311 e. The van der Waals surface area contributed by atoms with Crippen molar-refractivity contribution < 1.29 is 14.8 Å². The van der Waals surface area contributed by atoms with E-state index in [9.17, 15) is 14.9 Å². The zero-order chi connectivity index (χ0) is 16.0. The molecule has 0 spiro atoms. The Morgan fingerprint density at radius 2 is 2.14 bits per heavy atom. The molecule has 0 radical (unpaired) electrons. The molecule has 4 N–H and O–H groups in total. The van der Waals surface area contributed by atoms with Crippen molar-refractivity contribution in [3.8, 4) is 0 Å². The van der Waals surface area contributed by atoms with Crippen molar-refractivity contribution in [2.75, 3.05) is 11.1 Å². The maximum atomic E-state index is 10.7. The molecule has 1 aromatic heterocycles. The summed E-state index contributed by atoms with van der Waals surface area (Å²) in [5.41, 5.74) is 5.29. The fraction of sp³-hybridized carbons (Fsp3) is 0.538. The number of carboxylic acids is 1. The maximum absolute atomic E-state index is 10.7. The fourth-order valence-electron chi connectivity index (χ4n) is 1.88. The first-order chi connectivity index (χ1) is 9.81. The van der Waals surface area contributed by atoms with Crippen molar-refractivity contribution in [2.24, 2.45) is 5.92 Å². The molecule has 0 saturated heterocycles. The zero-order valence-corrected chi connectivity index (χ0v) is 12.1. The molecule has 1 aromatic rings. The number of carboxylic acid groups (broad SMARTS) is 1. The highest BCUT2D eigenvalue weighted by molar-refractivity contribution is 5.69. The first kappa shape index (κ1) is 16.7. The molecule has 21 heavy (non-hydrogen) atoms. The molecule has 116 valence electrons. The van der Waals surface area contributed by atoms with Crippen LogP contribution in [0.2, 0.25) is 0 Å². The second-order valence-corrected chi connectivity index (χ2v) is 5.07. The predicted octanol–water partition coefficient (Wildman–Crippen LogP) is 2.26. The van der Waals surface area contributed by atoms with Gasteiger partial charge in [-0.2, -0.15) is 0 Å². The molecule has 8 nitrogen and oxygen atoms in total. The number of aliphatic carboxylic acids is 1. The van der Waals surface area contributed by atoms with Crippen LogP contribution < -0.4 is 11.1 Å². The topological polar surface area (TPSA) is 131 Å². The zero-order valence-electron chi connectivity index (χ0n) is 12.1. The molecule has 0 aromatic carbocycles. The van der Waals surface area contributed by atoms with Crippen LogP contribution in [0.5, 0.6) is 0 Å². The highest BCUT2D eigenvalue weighted by Gasteiger charge is 2.14. The number of carbonyl (C=O) groups is 1. The normalized spacial score (nSPS) is 13.4. The Balaban J connectivity index is 2.48. The SMILES string of the molecule is CC(CCCC(C)C(=O)O)Nc1ccc([N+](=O)[O-])c(N)n1. The van der Waals surface area contributed by atoms with Gasteiger partial charge < -0.3 is 16.2 Å². The molecule has 0 aliphatic carbocycles. The highest BCUT2D eigenvalue weighted by atomic mass is 16.6. The molecule has 0 saturated carbocycles. The van der Waals surface area contributed by atoms with Gasteiger partial charge in [0, 0.05) is 12.1 Å². The summed E-state index contributed by atoms with van der Waals surface area (Å²) in [6.07, 6.45) is 2.15. The summed E-state index contributed by atoms with van der Waals surface area (Å²) in [4.78, 5) is 24.7. The number of nitrogens with one attached hydrogen (secondary N) is 1. The Morgan fingerprint density at radius 1 is 1.48 bits per heavy atom. The van der Waals surface area contributed by atoms with E-state index >= 15 is 0 Å². The minimum absolute atomic E-state index is 0.0688. The minimum Gasteiger partial charge on any atom is -0.481 e. The Kier molecular flexibility index (Phi) is 5.89. The van der Waals surface area contributed by atoms with Crippen LogP contribution in [0.25, 0.3) is 0 Å². The van der Waals surface area contributed by atoms with E-state index < -0.39 is 10.9 Å². The van der Waals surface area contributed by atoms with Crippen LogP contribution in [0.1, 0.15) is 33.1 Å². The van der Waals surface area contributed by atoms with E-state index in [0.29, 0.717) is 12.2 Å². The van der Waals surface area contributed by atoms with Crippen LogP contribution >= 0.6 is 0 Å². The van der Waals surface area contributed by atoms with E-state index in [1.54, 1.807) is 6.92 Å². The average Bonchev–Trinajstić information content (AvgIpc) is 2.37. The van der Waals surface area contributed by atoms with Gasteiger partial charge in [-0.15, -0.1) is 0 Å². The largest absolute Gasteiger partial charge is 0.481 e. The van der Waals surface area contributed by atoms with Crippen molar-refractivity contribution in [2.45, 2.75) is 39.2 Å². The summed E-state index contributed by atoms with van der Waals surface area (Å²) in [5.74, 6) is -0.806. The Hall–Kier alpha value is -2.38. The Bertz CT molecular complexity index is 521. The number of rotatable bonds is 8. The molecule has 0 aliphatic heterocycles. The molecule has 2 atom stereocenters. The highest BCUT2D eigenvalue weighted by Crippen LogP contribution is 2.21. The summed E-state index contributed by atoms with van der Waals surface area (Å²) >= 11 is 0. The molecule has 0 aliphatic rings. The van der Waals surface area contributed by atoms with E-state index in [1.807, 2.05) is 6.92 Å². The number of hydrogen-bond acceptors (Lipinski definition) is 6. The monoisotopic (exact) mass is 296 g/mol. The lowest BCUT2D eigenvalue weighted by Gasteiger charge is -2.15. The van der Waals surface area contributed by atoms with Gasteiger partial charge in [0.25, 0.3) is 0 Å². The summed E-state index contributed by atoms with van der Waals surface area (Å²) < 4.78 is 0. The first-order valence-electron chi connectivity index (χ1n) is 6.71. The van der Waals surface area contributed by atoms with Crippen molar-refractivity contribution in [1.82, 2.24) is 4.98 Å². The van der Waals surface area contributed by atoms with Gasteiger partial charge >= 0.3 is 11.7 Å². The quantitative estimate of drug-likeness (QED) is 0.495. The van der Waals surface area contributed by atoms with E-state index in [2.05, 4.69) is 10.3 Å². The average molecular weight is 296 g/mol. The van der Waals surface area contributed by atoms with E-state index in [1.165, 1.54) is 12.1 Å². The predicted molar refractivity (Wildman–Crippen MR) is 79.0 cm³/mol. The molecule has 1 heterocycles. The number of pyridine rings is 1. The van der Waals surface area contributed by atoms with Gasteiger partial charge in [-0.25, -0.2) is 4.98 Å². The van der Waals surface area contributed by atoms with Gasteiger partial charge in [0.1, 0.15) is 5.82 Å². The molecule has 0 fully saturated rings. The number of anilines is 2. The second-order valence-electron chi connectivity index (χ2n) is 5.07. The first-order valence-corrected chi connectivity index (χ1v) is 6.71. The summed E-state index contributed by atoms with van der Waals surface area (Å²) in [5, 5.41) is 22.5. The van der Waals surface area contributed by atoms with Gasteiger partial charge in [-0.1, -0.05) is 13.3 Å². The number of nitrogen functional groups attached to an aromatic ring is 1. The number of nitrogens with two attached hydrogens (primary N) is 1. The third kappa shape index (κ3) is 5.25. The maximum Gasteiger partial charge on any atom is 0.311 e. The van der Waals surface area contributed by atoms with Gasteiger partial charge in [-0.05, 0) is 25.8 Å². The molecule has 1 rings (SSSR count). The Morgan fingerprint density at radius 3 is 2.67 bits per heavy atom. The molecule has 0 bridgehead atoms. The standard InChI is InChI=1S/C13H20N4O4/c1-8(13(18)19)4-3-5-9(2)15-11-7-6-10(17(20)21)12(14)16-11/h6-9H,3-5H2,1-2H3,(H,18,19)(H3,14,15,16). The lowest BCUT2D eigenvalue weighted by molar-refractivity contribution is -0.384. The summed E-state index contributed by atoms with van der Waals surface area (Å²) in [7, 11) is 0. The third-order valence-corrected chi connectivity index (χ3v) is 3.19. The van der Waals surface area contributed by atoms with Crippen molar-refractivity contribution in [3.63, 3.8) is 0 Å². The molecular formula is C13H20N4O4. The molecule has 0 amide bonds. The number of aromatic nitrogens is 1. The van der Waals surface area contributed by atoms with Crippen molar-refractivity contribution >= 4 is 23.3 Å². The Labute approximate surface area is 122 Å². The van der Waals surface area contributed by atoms with Gasteiger partial charge in [0.05, 0.1) is 10.8 Å². The van der Waals surface area contributed by atoms with Gasteiger partial charge in [0.15, 0.2) is 0 Å². The molecular weight excluding hydrogens is 276 g/mol. The van der Waals surface area contributed by atoms with E-state index in [-0.39, 0.29) is 23.5 Å². The lowest BCUT2D eigenvalue weighted by Crippen LogP contribution is -2.17. The number of nitro groups is 1. The fourth-order valence-corrected chi connectivity index (χ4v) is 1.88.